The van der Waals surface area contributed by atoms with Gasteiger partial charge in [0.1, 0.15) is 12.1 Å². The third kappa shape index (κ3) is 3.99. The number of halogens is 2. The summed E-state index contributed by atoms with van der Waals surface area (Å²) in [5.74, 6) is 0.483. The van der Waals surface area contributed by atoms with E-state index in [1.807, 2.05) is 4.90 Å². The highest BCUT2D eigenvalue weighted by Gasteiger charge is 2.54. The molecule has 0 radical (unpaired) electrons. The van der Waals surface area contributed by atoms with Crippen LogP contribution in [0.15, 0.2) is 18.3 Å². The summed E-state index contributed by atoms with van der Waals surface area (Å²) in [7, 11) is 0. The minimum absolute atomic E-state index is 0.0525. The number of alkyl carbamates (subject to hydrolysis) is 1. The number of hydrogen-bond acceptors (Lipinski definition) is 5. The van der Waals surface area contributed by atoms with Gasteiger partial charge in [-0.05, 0) is 43.6 Å². The van der Waals surface area contributed by atoms with E-state index in [4.69, 9.17) is 4.74 Å². The molecular weight excluding hydrogens is 410 g/mol. The lowest BCUT2D eigenvalue weighted by Crippen LogP contribution is -2.73. The van der Waals surface area contributed by atoms with Crippen molar-refractivity contribution in [3.05, 3.63) is 23.9 Å². The van der Waals surface area contributed by atoms with Gasteiger partial charge in [0.15, 0.2) is 0 Å². The average Bonchev–Trinajstić information content (AvgIpc) is 3.09. The number of alkyl halides is 2. The van der Waals surface area contributed by atoms with Crippen molar-refractivity contribution >= 4 is 12.1 Å². The van der Waals surface area contributed by atoms with Crippen LogP contribution in [0.5, 0.6) is 5.88 Å². The number of ether oxygens (including phenoxy) is 2. The molecule has 10 heteroatoms. The Labute approximate surface area is 178 Å². The van der Waals surface area contributed by atoms with E-state index in [1.165, 1.54) is 6.07 Å². The fourth-order valence-corrected chi connectivity index (χ4v) is 5.42. The minimum Gasteiger partial charge on any atom is -0.447 e. The van der Waals surface area contributed by atoms with Gasteiger partial charge in [0.05, 0.1) is 13.1 Å². The molecule has 2 spiro atoms. The van der Waals surface area contributed by atoms with Crippen LogP contribution >= 0.6 is 0 Å². The topological polar surface area (TPSA) is 84.0 Å². The number of carbonyl (C=O) groups is 2. The fourth-order valence-electron chi connectivity index (χ4n) is 5.42. The van der Waals surface area contributed by atoms with Crippen molar-refractivity contribution in [1.29, 1.82) is 0 Å². The third-order valence-corrected chi connectivity index (χ3v) is 7.13. The van der Waals surface area contributed by atoms with Crippen molar-refractivity contribution in [2.45, 2.75) is 44.3 Å². The van der Waals surface area contributed by atoms with Crippen LogP contribution in [0.1, 0.15) is 31.2 Å². The molecule has 31 heavy (non-hydrogen) atoms. The molecule has 1 aliphatic carbocycles. The second-order valence-corrected chi connectivity index (χ2v) is 9.51. The van der Waals surface area contributed by atoms with Crippen LogP contribution in [0.25, 0.3) is 0 Å². The second-order valence-electron chi connectivity index (χ2n) is 9.51. The van der Waals surface area contributed by atoms with E-state index in [0.717, 1.165) is 50.8 Å². The first-order valence-corrected chi connectivity index (χ1v) is 10.7. The van der Waals surface area contributed by atoms with Gasteiger partial charge in [0.25, 0.3) is 0 Å². The molecule has 4 aliphatic rings. The Bertz CT molecular complexity index is 843. The summed E-state index contributed by atoms with van der Waals surface area (Å²) in [6, 6.07) is 3.34. The van der Waals surface area contributed by atoms with Crippen LogP contribution in [-0.2, 0) is 11.2 Å². The number of nitrogens with zero attached hydrogens (tertiary/aromatic N) is 3. The number of pyridine rings is 1. The predicted octanol–water partition coefficient (Wildman–Crippen LogP) is 2.63. The maximum atomic E-state index is 12.7. The van der Waals surface area contributed by atoms with E-state index in [2.05, 4.69) is 15.0 Å². The van der Waals surface area contributed by atoms with Gasteiger partial charge in [0, 0.05) is 30.8 Å². The summed E-state index contributed by atoms with van der Waals surface area (Å²) >= 11 is 0. The normalized spacial score (nSPS) is 24.0. The highest BCUT2D eigenvalue weighted by Crippen LogP contribution is 2.47. The first-order valence-electron chi connectivity index (χ1n) is 10.7. The smallest absolute Gasteiger partial charge is 0.407 e. The number of carbonyl (C=O) groups excluding carboxylic acids is 2. The molecule has 1 N–H and O–H groups in total. The van der Waals surface area contributed by atoms with Gasteiger partial charge >= 0.3 is 18.7 Å². The molecule has 0 unspecified atom stereocenters. The number of urea groups is 1. The molecule has 168 valence electrons. The molecule has 3 amide bonds. The van der Waals surface area contributed by atoms with Crippen molar-refractivity contribution in [2.24, 2.45) is 11.3 Å². The van der Waals surface area contributed by atoms with E-state index in [1.54, 1.807) is 17.2 Å². The number of aromatic nitrogens is 1. The van der Waals surface area contributed by atoms with Crippen LogP contribution in [-0.4, -0.2) is 71.8 Å². The predicted molar refractivity (Wildman–Crippen MR) is 105 cm³/mol. The van der Waals surface area contributed by atoms with Crippen molar-refractivity contribution < 1.29 is 27.8 Å². The molecule has 0 aromatic carbocycles. The maximum absolute atomic E-state index is 12.7. The summed E-state index contributed by atoms with van der Waals surface area (Å²) in [5.41, 5.74) is 0.876. The van der Waals surface area contributed by atoms with Crippen molar-refractivity contribution in [3.8, 4) is 5.88 Å². The number of rotatable bonds is 4. The largest absolute Gasteiger partial charge is 0.447 e. The molecule has 8 nitrogen and oxygen atoms in total. The van der Waals surface area contributed by atoms with Crippen molar-refractivity contribution in [1.82, 2.24) is 20.1 Å². The summed E-state index contributed by atoms with van der Waals surface area (Å²) in [4.78, 5) is 31.6. The van der Waals surface area contributed by atoms with E-state index in [-0.39, 0.29) is 22.9 Å². The zero-order valence-corrected chi connectivity index (χ0v) is 17.2. The maximum Gasteiger partial charge on any atom is 0.407 e. The van der Waals surface area contributed by atoms with Crippen LogP contribution in [0.2, 0.25) is 0 Å². The van der Waals surface area contributed by atoms with E-state index in [0.29, 0.717) is 25.6 Å². The Balaban J connectivity index is 1.05. The summed E-state index contributed by atoms with van der Waals surface area (Å²) < 4.78 is 33.7. The van der Waals surface area contributed by atoms with E-state index in [9.17, 15) is 18.4 Å². The van der Waals surface area contributed by atoms with Crippen LogP contribution in [0.3, 0.4) is 0 Å². The highest BCUT2D eigenvalue weighted by atomic mass is 19.3. The quantitative estimate of drug-likeness (QED) is 0.785. The first kappa shape index (κ1) is 20.3. The van der Waals surface area contributed by atoms with Gasteiger partial charge in [0.2, 0.25) is 5.88 Å². The summed E-state index contributed by atoms with van der Waals surface area (Å²) in [5, 5.41) is 2.80. The molecule has 4 fully saturated rings. The molecule has 0 bridgehead atoms. The Morgan fingerprint density at radius 2 is 1.94 bits per heavy atom. The standard InChI is InChI=1S/C21H26F2N4O4/c22-17(23)31-16-2-1-15(8-24-16)7-14-3-5-20(6-4-14)9-26(10-20)19(29)27-11-21(12-27)13-30-18(28)25-21/h1-2,8,14,17H,3-7,9-13H2,(H,25,28). The van der Waals surface area contributed by atoms with Gasteiger partial charge in [-0.25, -0.2) is 14.6 Å². The van der Waals surface area contributed by atoms with Crippen LogP contribution < -0.4 is 10.1 Å². The lowest BCUT2D eigenvalue weighted by atomic mass is 9.65. The van der Waals surface area contributed by atoms with Crippen molar-refractivity contribution in [3.63, 3.8) is 0 Å². The molecule has 5 rings (SSSR count). The second kappa shape index (κ2) is 7.49. The van der Waals surface area contributed by atoms with Gasteiger partial charge in [-0.2, -0.15) is 8.78 Å². The Hall–Kier alpha value is -2.65. The van der Waals surface area contributed by atoms with Gasteiger partial charge in [-0.1, -0.05) is 6.07 Å². The number of likely N-dealkylation sites (tertiary alicyclic amines) is 2. The number of amides is 3. The third-order valence-electron chi connectivity index (χ3n) is 7.13. The van der Waals surface area contributed by atoms with Gasteiger partial charge in [-0.3, -0.25) is 0 Å². The molecule has 1 aromatic heterocycles. The van der Waals surface area contributed by atoms with E-state index < -0.39 is 12.7 Å². The fraction of sp³-hybridized carbons (Fsp3) is 0.667. The average molecular weight is 436 g/mol. The monoisotopic (exact) mass is 436 g/mol. The molecular formula is C21H26F2N4O4. The number of nitrogens with one attached hydrogen (secondary N) is 1. The number of hydrogen-bond donors (Lipinski definition) is 1. The van der Waals surface area contributed by atoms with E-state index >= 15 is 0 Å². The Kier molecular flexibility index (Phi) is 4.90. The minimum atomic E-state index is -2.86. The first-order chi connectivity index (χ1) is 14.8. The number of cyclic esters (lactones) is 1. The van der Waals surface area contributed by atoms with Crippen molar-refractivity contribution in [2.75, 3.05) is 32.8 Å². The van der Waals surface area contributed by atoms with Gasteiger partial charge in [-0.15, -0.1) is 0 Å². The summed E-state index contributed by atoms with van der Waals surface area (Å²) in [6.45, 7) is 0.0921. The summed E-state index contributed by atoms with van der Waals surface area (Å²) in [6.07, 6.45) is 6.46. The molecule has 1 saturated carbocycles. The molecule has 0 atom stereocenters. The highest BCUT2D eigenvalue weighted by molar-refractivity contribution is 5.78. The zero-order valence-electron chi connectivity index (χ0n) is 17.2. The lowest BCUT2D eigenvalue weighted by Gasteiger charge is -2.56. The Morgan fingerprint density at radius 1 is 1.23 bits per heavy atom. The van der Waals surface area contributed by atoms with Gasteiger partial charge < -0.3 is 24.6 Å². The molecule has 3 aliphatic heterocycles. The Morgan fingerprint density at radius 3 is 2.52 bits per heavy atom. The SMILES string of the molecule is O=C1NC2(CO1)CN(C(=O)N1CC3(CCC(Cc4ccc(OC(F)F)nc4)CC3)C1)C2. The molecule has 4 heterocycles. The molecule has 3 saturated heterocycles. The zero-order chi connectivity index (χ0) is 21.6. The lowest BCUT2D eigenvalue weighted by molar-refractivity contribution is -0.0528. The molecule has 1 aromatic rings. The van der Waals surface area contributed by atoms with Crippen LogP contribution in [0.4, 0.5) is 18.4 Å². The van der Waals surface area contributed by atoms with Crippen LogP contribution in [0, 0.1) is 11.3 Å².